The Bertz CT molecular complexity index is 382. The van der Waals surface area contributed by atoms with E-state index in [-0.39, 0.29) is 24.8 Å². The molecule has 0 aromatic heterocycles. The van der Waals surface area contributed by atoms with Crippen molar-refractivity contribution in [2.24, 2.45) is 0 Å². The fourth-order valence-electron chi connectivity index (χ4n) is 3.02. The van der Waals surface area contributed by atoms with Gasteiger partial charge < -0.3 is 10.6 Å². The lowest BCUT2D eigenvalue weighted by molar-refractivity contribution is 0.189. The Balaban J connectivity index is 0.00000162. The van der Waals surface area contributed by atoms with Crippen LogP contribution in [-0.4, -0.2) is 24.0 Å². The van der Waals surface area contributed by atoms with Crippen LogP contribution >= 0.6 is 24.8 Å². The quantitative estimate of drug-likeness (QED) is 0.859. The number of likely N-dealkylation sites (N-methyl/N-ethyl adjacent to an activating group) is 1. The minimum absolute atomic E-state index is 0. The molecule has 1 aliphatic rings. The van der Waals surface area contributed by atoms with Gasteiger partial charge in [-0.05, 0) is 56.0 Å². The highest BCUT2D eigenvalue weighted by atomic mass is 35.5. The van der Waals surface area contributed by atoms with E-state index in [1.165, 1.54) is 36.9 Å². The number of benzene rings is 1. The molecule has 1 unspecified atom stereocenters. The van der Waals surface area contributed by atoms with Crippen LogP contribution in [0.15, 0.2) is 18.2 Å². The Kier molecular flexibility index (Phi) is 8.47. The summed E-state index contributed by atoms with van der Waals surface area (Å²) >= 11 is 0. The second-order valence-corrected chi connectivity index (χ2v) is 5.01. The zero-order valence-corrected chi connectivity index (χ0v) is 13.5. The first-order valence-corrected chi connectivity index (χ1v) is 6.86. The van der Waals surface area contributed by atoms with E-state index in [0.717, 1.165) is 18.7 Å². The predicted octanol–water partition coefficient (Wildman–Crippen LogP) is 3.70. The summed E-state index contributed by atoms with van der Waals surface area (Å²) < 4.78 is 0. The van der Waals surface area contributed by atoms with Gasteiger partial charge in [0.15, 0.2) is 0 Å². The molecule has 0 amide bonds. The second-order valence-electron chi connectivity index (χ2n) is 5.01. The van der Waals surface area contributed by atoms with E-state index < -0.39 is 0 Å². The number of nitrogen functional groups attached to an aromatic ring is 1. The molecule has 0 fully saturated rings. The van der Waals surface area contributed by atoms with Crippen LogP contribution in [0, 0.1) is 0 Å². The van der Waals surface area contributed by atoms with Gasteiger partial charge in [0.2, 0.25) is 0 Å². The van der Waals surface area contributed by atoms with E-state index in [4.69, 9.17) is 5.73 Å². The van der Waals surface area contributed by atoms with Gasteiger partial charge in [0.25, 0.3) is 0 Å². The van der Waals surface area contributed by atoms with Crippen molar-refractivity contribution in [1.29, 1.82) is 0 Å². The largest absolute Gasteiger partial charge is 0.398 e. The molecule has 0 aliphatic heterocycles. The molecule has 0 spiro atoms. The summed E-state index contributed by atoms with van der Waals surface area (Å²) in [5, 5.41) is 0. The first-order chi connectivity index (χ1) is 8.26. The third kappa shape index (κ3) is 4.27. The smallest absolute Gasteiger partial charge is 0.0349 e. The minimum atomic E-state index is 0. The average molecular weight is 305 g/mol. The number of halogens is 2. The molecule has 1 aliphatic carbocycles. The van der Waals surface area contributed by atoms with Gasteiger partial charge in [-0.15, -0.1) is 24.8 Å². The molecule has 1 atom stereocenters. The summed E-state index contributed by atoms with van der Waals surface area (Å²) in [6.07, 6.45) is 4.82. The molecule has 2 rings (SSSR count). The van der Waals surface area contributed by atoms with E-state index in [1.807, 2.05) is 6.07 Å². The molecule has 0 radical (unpaired) electrons. The van der Waals surface area contributed by atoms with Gasteiger partial charge in [0.1, 0.15) is 0 Å². The topological polar surface area (TPSA) is 29.3 Å². The Morgan fingerprint density at radius 3 is 2.63 bits per heavy atom. The summed E-state index contributed by atoms with van der Waals surface area (Å²) in [5.74, 6) is 0. The van der Waals surface area contributed by atoms with E-state index in [0.29, 0.717) is 6.04 Å². The number of nitrogens with two attached hydrogens (primary N) is 1. The highest BCUT2D eigenvalue weighted by Gasteiger charge is 2.23. The lowest BCUT2D eigenvalue weighted by Gasteiger charge is -2.34. The first kappa shape index (κ1) is 18.6. The van der Waals surface area contributed by atoms with Crippen LogP contribution in [0.4, 0.5) is 5.69 Å². The molecule has 0 bridgehead atoms. The third-order valence-corrected chi connectivity index (χ3v) is 3.93. The Morgan fingerprint density at radius 2 is 2.00 bits per heavy atom. The SMILES string of the molecule is CCCN(CC)C1CCc2c(N)cccc2C1.Cl.Cl. The lowest BCUT2D eigenvalue weighted by Crippen LogP contribution is -2.39. The van der Waals surface area contributed by atoms with Gasteiger partial charge in [-0.1, -0.05) is 26.0 Å². The van der Waals surface area contributed by atoms with Gasteiger partial charge >= 0.3 is 0 Å². The van der Waals surface area contributed by atoms with Gasteiger partial charge in [0.05, 0.1) is 0 Å². The molecular formula is C15H26Cl2N2. The molecule has 1 aromatic rings. The summed E-state index contributed by atoms with van der Waals surface area (Å²) in [5.41, 5.74) is 9.89. The monoisotopic (exact) mass is 304 g/mol. The van der Waals surface area contributed by atoms with Crippen molar-refractivity contribution < 1.29 is 0 Å². The van der Waals surface area contributed by atoms with Gasteiger partial charge in [-0.25, -0.2) is 0 Å². The zero-order valence-electron chi connectivity index (χ0n) is 11.9. The van der Waals surface area contributed by atoms with Crippen molar-refractivity contribution in [1.82, 2.24) is 4.90 Å². The van der Waals surface area contributed by atoms with Crippen LogP contribution in [0.2, 0.25) is 0 Å². The summed E-state index contributed by atoms with van der Waals surface area (Å²) in [4.78, 5) is 2.62. The number of hydrogen-bond donors (Lipinski definition) is 1. The second kappa shape index (κ2) is 8.68. The number of hydrogen-bond acceptors (Lipinski definition) is 2. The van der Waals surface area contributed by atoms with E-state index in [9.17, 15) is 0 Å². The molecule has 2 nitrogen and oxygen atoms in total. The average Bonchev–Trinajstić information content (AvgIpc) is 2.36. The number of rotatable bonds is 4. The fraction of sp³-hybridized carbons (Fsp3) is 0.600. The molecule has 19 heavy (non-hydrogen) atoms. The molecule has 4 heteroatoms. The van der Waals surface area contributed by atoms with Crippen molar-refractivity contribution in [2.75, 3.05) is 18.8 Å². The van der Waals surface area contributed by atoms with Crippen molar-refractivity contribution in [3.63, 3.8) is 0 Å². The molecule has 2 N–H and O–H groups in total. The van der Waals surface area contributed by atoms with Crippen LogP contribution in [-0.2, 0) is 12.8 Å². The number of anilines is 1. The van der Waals surface area contributed by atoms with Crippen molar-refractivity contribution >= 4 is 30.5 Å². The summed E-state index contributed by atoms with van der Waals surface area (Å²) in [6.45, 7) is 6.91. The maximum Gasteiger partial charge on any atom is 0.0349 e. The molecule has 110 valence electrons. The highest BCUT2D eigenvalue weighted by Crippen LogP contribution is 2.28. The first-order valence-electron chi connectivity index (χ1n) is 6.86. The van der Waals surface area contributed by atoms with Crippen LogP contribution in [0.5, 0.6) is 0 Å². The maximum absolute atomic E-state index is 6.04. The van der Waals surface area contributed by atoms with Crippen LogP contribution in [0.25, 0.3) is 0 Å². The van der Waals surface area contributed by atoms with Crippen molar-refractivity contribution in [3.8, 4) is 0 Å². The Hall–Kier alpha value is -0.440. The fourth-order valence-corrected chi connectivity index (χ4v) is 3.02. The molecule has 1 aromatic carbocycles. The van der Waals surface area contributed by atoms with E-state index >= 15 is 0 Å². The van der Waals surface area contributed by atoms with Crippen LogP contribution < -0.4 is 5.73 Å². The normalized spacial score (nSPS) is 17.3. The van der Waals surface area contributed by atoms with Gasteiger partial charge in [-0.3, -0.25) is 0 Å². The van der Waals surface area contributed by atoms with E-state index in [1.54, 1.807) is 0 Å². The number of nitrogens with zero attached hydrogens (tertiary/aromatic N) is 1. The van der Waals surface area contributed by atoms with Gasteiger partial charge in [0, 0.05) is 11.7 Å². The Morgan fingerprint density at radius 1 is 1.26 bits per heavy atom. The Labute approximate surface area is 129 Å². The van der Waals surface area contributed by atoms with Crippen molar-refractivity contribution in [3.05, 3.63) is 29.3 Å². The summed E-state index contributed by atoms with van der Waals surface area (Å²) in [6, 6.07) is 7.09. The summed E-state index contributed by atoms with van der Waals surface area (Å²) in [7, 11) is 0. The van der Waals surface area contributed by atoms with Gasteiger partial charge in [-0.2, -0.15) is 0 Å². The molecule has 0 saturated carbocycles. The molecule has 0 saturated heterocycles. The minimum Gasteiger partial charge on any atom is -0.398 e. The van der Waals surface area contributed by atoms with Crippen LogP contribution in [0.3, 0.4) is 0 Å². The standard InChI is InChI=1S/C15H24N2.2ClH/c1-3-10-17(4-2)13-8-9-14-12(11-13)6-5-7-15(14)16;;/h5-7,13H,3-4,8-11,16H2,1-2H3;2*1H. The van der Waals surface area contributed by atoms with E-state index in [2.05, 4.69) is 30.9 Å². The number of fused-ring (bicyclic) bond motifs is 1. The molecular weight excluding hydrogens is 279 g/mol. The predicted molar refractivity (Wildman–Crippen MR) is 88.7 cm³/mol. The zero-order chi connectivity index (χ0) is 12.3. The van der Waals surface area contributed by atoms with Crippen molar-refractivity contribution in [2.45, 2.75) is 45.6 Å². The molecule has 0 heterocycles. The highest BCUT2D eigenvalue weighted by molar-refractivity contribution is 5.85. The van der Waals surface area contributed by atoms with Crippen LogP contribution in [0.1, 0.15) is 37.8 Å². The lowest BCUT2D eigenvalue weighted by atomic mass is 9.86. The third-order valence-electron chi connectivity index (χ3n) is 3.93. The maximum atomic E-state index is 6.04.